The van der Waals surface area contributed by atoms with Crippen LogP contribution in [-0.4, -0.2) is 35.3 Å². The lowest BCUT2D eigenvalue weighted by atomic mass is 10.1. The van der Waals surface area contributed by atoms with Gasteiger partial charge in [0.25, 0.3) is 5.69 Å². The van der Waals surface area contributed by atoms with E-state index in [9.17, 15) is 14.9 Å². The quantitative estimate of drug-likeness (QED) is 0.664. The summed E-state index contributed by atoms with van der Waals surface area (Å²) in [6.45, 7) is 0.906. The number of amidine groups is 1. The van der Waals surface area contributed by atoms with Crippen LogP contribution in [0.4, 0.5) is 16.2 Å². The molecule has 20 heavy (non-hydrogen) atoms. The first kappa shape index (κ1) is 14.0. The normalized spacial score (nSPS) is 17.1. The number of piperidine rings is 1. The maximum Gasteiger partial charge on any atom is 0.347 e. The van der Waals surface area contributed by atoms with E-state index in [0.29, 0.717) is 5.69 Å². The van der Waals surface area contributed by atoms with Crippen molar-refractivity contribution in [3.05, 3.63) is 34.4 Å². The summed E-state index contributed by atoms with van der Waals surface area (Å²) < 4.78 is 0. The van der Waals surface area contributed by atoms with Crippen LogP contribution in [0.15, 0.2) is 29.3 Å². The molecule has 0 bridgehead atoms. The number of likely N-dealkylation sites (tertiary alicyclic amines) is 1. The second-order valence-corrected chi connectivity index (χ2v) is 4.64. The molecule has 1 aliphatic rings. The molecule has 1 aliphatic heterocycles. The largest absolute Gasteiger partial charge is 0.363 e. The molecular weight excluding hydrogens is 260 g/mol. The van der Waals surface area contributed by atoms with Gasteiger partial charge >= 0.3 is 6.03 Å². The van der Waals surface area contributed by atoms with Crippen molar-refractivity contribution >= 4 is 23.2 Å². The molecule has 7 nitrogen and oxygen atoms in total. The van der Waals surface area contributed by atoms with Gasteiger partial charge in [0.1, 0.15) is 5.84 Å². The van der Waals surface area contributed by atoms with E-state index < -0.39 is 11.0 Å². The number of hydrogen-bond acceptors (Lipinski definition) is 3. The minimum absolute atomic E-state index is 0.0127. The highest BCUT2D eigenvalue weighted by atomic mass is 16.6. The maximum absolute atomic E-state index is 11.8. The Kier molecular flexibility index (Phi) is 4.29. The fraction of sp³-hybridized carbons (Fsp3) is 0.385. The van der Waals surface area contributed by atoms with Gasteiger partial charge in [-0.2, -0.15) is 4.99 Å². The Morgan fingerprint density at radius 1 is 1.35 bits per heavy atom. The third-order valence-electron chi connectivity index (χ3n) is 3.14. The zero-order chi connectivity index (χ0) is 14.5. The standard InChI is InChI=1S/C13H16N4O3/c1-16-9-3-2-4-12(16)15-13(18)14-10-5-7-11(8-6-10)17(19)20/h5-8H,2-4,9H2,1H3,(H,14,18). The molecule has 0 atom stereocenters. The van der Waals surface area contributed by atoms with Crippen LogP contribution in [0.25, 0.3) is 0 Å². The third-order valence-corrected chi connectivity index (χ3v) is 3.14. The molecule has 106 valence electrons. The molecule has 0 aliphatic carbocycles. The van der Waals surface area contributed by atoms with Crippen molar-refractivity contribution in [2.24, 2.45) is 4.99 Å². The molecule has 1 aromatic carbocycles. The molecule has 0 unspecified atom stereocenters. The van der Waals surface area contributed by atoms with Crippen LogP contribution in [0.1, 0.15) is 19.3 Å². The van der Waals surface area contributed by atoms with Crippen molar-refractivity contribution in [2.75, 3.05) is 18.9 Å². The van der Waals surface area contributed by atoms with Gasteiger partial charge in [-0.25, -0.2) is 4.79 Å². The number of rotatable bonds is 2. The number of amides is 2. The first-order valence-electron chi connectivity index (χ1n) is 6.40. The molecule has 0 spiro atoms. The molecule has 1 fully saturated rings. The van der Waals surface area contributed by atoms with Crippen molar-refractivity contribution in [1.82, 2.24) is 4.90 Å². The number of aliphatic imine (C=N–C) groups is 1. The van der Waals surface area contributed by atoms with E-state index in [-0.39, 0.29) is 5.69 Å². The fourth-order valence-electron chi connectivity index (χ4n) is 2.03. The molecule has 1 saturated heterocycles. The van der Waals surface area contributed by atoms with Crippen LogP contribution < -0.4 is 5.32 Å². The molecule has 0 aromatic heterocycles. The predicted molar refractivity (Wildman–Crippen MR) is 76.0 cm³/mol. The second-order valence-electron chi connectivity index (χ2n) is 4.64. The third kappa shape index (κ3) is 3.53. The summed E-state index contributed by atoms with van der Waals surface area (Å²) in [5, 5.41) is 13.1. The lowest BCUT2D eigenvalue weighted by Gasteiger charge is -2.25. The van der Waals surface area contributed by atoms with Crippen LogP contribution in [0, 0.1) is 10.1 Å². The van der Waals surface area contributed by atoms with Crippen LogP contribution in [-0.2, 0) is 0 Å². The second kappa shape index (κ2) is 6.14. The van der Waals surface area contributed by atoms with Gasteiger partial charge in [0.05, 0.1) is 4.92 Å². The topological polar surface area (TPSA) is 87.8 Å². The Morgan fingerprint density at radius 2 is 2.05 bits per heavy atom. The Morgan fingerprint density at radius 3 is 2.65 bits per heavy atom. The zero-order valence-corrected chi connectivity index (χ0v) is 11.2. The van der Waals surface area contributed by atoms with Gasteiger partial charge in [-0.05, 0) is 25.0 Å². The molecule has 0 saturated carbocycles. The molecule has 2 amide bonds. The Labute approximate surface area is 116 Å². The van der Waals surface area contributed by atoms with E-state index in [2.05, 4.69) is 10.3 Å². The zero-order valence-electron chi connectivity index (χ0n) is 11.2. The van der Waals surface area contributed by atoms with Crippen molar-refractivity contribution < 1.29 is 9.72 Å². The highest BCUT2D eigenvalue weighted by Gasteiger charge is 2.14. The van der Waals surface area contributed by atoms with E-state index in [1.54, 1.807) is 0 Å². The number of nitro benzene ring substituents is 1. The van der Waals surface area contributed by atoms with E-state index in [1.807, 2.05) is 11.9 Å². The molecule has 1 heterocycles. The first-order valence-corrected chi connectivity index (χ1v) is 6.40. The summed E-state index contributed by atoms with van der Waals surface area (Å²) in [6.07, 6.45) is 2.94. The van der Waals surface area contributed by atoms with Gasteiger partial charge in [0, 0.05) is 37.8 Å². The summed E-state index contributed by atoms with van der Waals surface area (Å²) >= 11 is 0. The van der Waals surface area contributed by atoms with E-state index >= 15 is 0 Å². The highest BCUT2D eigenvalue weighted by molar-refractivity contribution is 6.00. The number of nitro groups is 1. The van der Waals surface area contributed by atoms with Crippen molar-refractivity contribution in [3.8, 4) is 0 Å². The van der Waals surface area contributed by atoms with Gasteiger partial charge < -0.3 is 10.2 Å². The minimum Gasteiger partial charge on any atom is -0.363 e. The highest BCUT2D eigenvalue weighted by Crippen LogP contribution is 2.16. The molecular formula is C13H16N4O3. The maximum atomic E-state index is 11.8. The van der Waals surface area contributed by atoms with Crippen molar-refractivity contribution in [1.29, 1.82) is 0 Å². The number of non-ortho nitro benzene ring substituents is 1. The van der Waals surface area contributed by atoms with Gasteiger partial charge in [0.2, 0.25) is 0 Å². The molecule has 0 radical (unpaired) electrons. The van der Waals surface area contributed by atoms with Crippen LogP contribution in [0.5, 0.6) is 0 Å². The van der Waals surface area contributed by atoms with Crippen LogP contribution in [0.3, 0.4) is 0 Å². The number of hydrogen-bond donors (Lipinski definition) is 1. The lowest BCUT2D eigenvalue weighted by molar-refractivity contribution is -0.384. The summed E-state index contributed by atoms with van der Waals surface area (Å²) in [6, 6.07) is 5.20. The van der Waals surface area contributed by atoms with Crippen molar-refractivity contribution in [3.63, 3.8) is 0 Å². The first-order chi connectivity index (χ1) is 9.56. The monoisotopic (exact) mass is 276 g/mol. The van der Waals surface area contributed by atoms with Gasteiger partial charge in [-0.1, -0.05) is 0 Å². The number of nitrogens with one attached hydrogen (secondary N) is 1. The lowest BCUT2D eigenvalue weighted by Crippen LogP contribution is -2.32. The Bertz CT molecular complexity index is 539. The minimum atomic E-state index is -0.483. The molecule has 7 heteroatoms. The summed E-state index contributed by atoms with van der Waals surface area (Å²) in [5.41, 5.74) is 0.477. The Hall–Kier alpha value is -2.44. The summed E-state index contributed by atoms with van der Waals surface area (Å²) in [4.78, 5) is 27.8. The number of urea groups is 1. The SMILES string of the molecule is CN1CCCCC1=NC(=O)Nc1ccc([N+](=O)[O-])cc1. The van der Waals surface area contributed by atoms with Gasteiger partial charge in [-0.15, -0.1) is 0 Å². The van der Waals surface area contributed by atoms with Gasteiger partial charge in [0.15, 0.2) is 0 Å². The average Bonchev–Trinajstić information content (AvgIpc) is 2.42. The molecule has 1 N–H and O–H groups in total. The van der Waals surface area contributed by atoms with E-state index in [0.717, 1.165) is 31.6 Å². The fourth-order valence-corrected chi connectivity index (χ4v) is 2.03. The summed E-state index contributed by atoms with van der Waals surface area (Å²) in [5.74, 6) is 0.774. The number of nitrogens with zero attached hydrogens (tertiary/aromatic N) is 3. The smallest absolute Gasteiger partial charge is 0.347 e. The number of benzene rings is 1. The molecule has 1 aromatic rings. The van der Waals surface area contributed by atoms with Crippen LogP contribution in [0.2, 0.25) is 0 Å². The number of carbonyl (C=O) groups excluding carboxylic acids is 1. The Balaban J connectivity index is 2.00. The van der Waals surface area contributed by atoms with Crippen molar-refractivity contribution in [2.45, 2.75) is 19.3 Å². The van der Waals surface area contributed by atoms with Crippen LogP contribution >= 0.6 is 0 Å². The predicted octanol–water partition coefficient (Wildman–Crippen LogP) is 2.64. The summed E-state index contributed by atoms with van der Waals surface area (Å²) in [7, 11) is 1.91. The number of carbonyl (C=O) groups is 1. The molecule has 2 rings (SSSR count). The average molecular weight is 276 g/mol. The van der Waals surface area contributed by atoms with Gasteiger partial charge in [-0.3, -0.25) is 10.1 Å². The number of anilines is 1. The van der Waals surface area contributed by atoms with E-state index in [1.165, 1.54) is 24.3 Å². The van der Waals surface area contributed by atoms with E-state index in [4.69, 9.17) is 0 Å².